The lowest BCUT2D eigenvalue weighted by molar-refractivity contribution is 0.0789. The van der Waals surface area contributed by atoms with Crippen LogP contribution in [0.4, 0.5) is 0 Å². The number of carbonyl (C=O) groups is 1. The first kappa shape index (κ1) is 12.2. The number of hydrogen-bond acceptors (Lipinski definition) is 2. The van der Waals surface area contributed by atoms with Crippen LogP contribution in [0, 0.1) is 6.92 Å². The van der Waals surface area contributed by atoms with Crippen LogP contribution in [-0.2, 0) is 0 Å². The molecule has 3 nitrogen and oxygen atoms in total. The Morgan fingerprint density at radius 1 is 1.35 bits per heavy atom. The molecule has 0 N–H and O–H groups in total. The molecule has 1 aliphatic heterocycles. The van der Waals surface area contributed by atoms with Crippen molar-refractivity contribution in [2.24, 2.45) is 0 Å². The van der Waals surface area contributed by atoms with Gasteiger partial charge in [-0.15, -0.1) is 0 Å². The van der Waals surface area contributed by atoms with Crippen LogP contribution in [0.1, 0.15) is 28.8 Å². The standard InChI is InChI=1S/C13H16ClNO2/c1-9-7-10(12(17-2)11(14)8-9)13(16)15-5-3-4-6-15/h7-8H,3-6H2,1-2H3. The van der Waals surface area contributed by atoms with Crippen molar-refractivity contribution in [3.05, 3.63) is 28.3 Å². The molecule has 92 valence electrons. The molecule has 0 bridgehead atoms. The van der Waals surface area contributed by atoms with Gasteiger partial charge in [0.05, 0.1) is 17.7 Å². The van der Waals surface area contributed by atoms with Crippen molar-refractivity contribution in [1.82, 2.24) is 4.90 Å². The Labute approximate surface area is 106 Å². The zero-order valence-electron chi connectivity index (χ0n) is 10.1. The van der Waals surface area contributed by atoms with E-state index in [1.54, 1.807) is 6.07 Å². The van der Waals surface area contributed by atoms with Crippen molar-refractivity contribution in [2.75, 3.05) is 20.2 Å². The van der Waals surface area contributed by atoms with E-state index in [1.165, 1.54) is 7.11 Å². The fourth-order valence-corrected chi connectivity index (χ4v) is 2.54. The third-order valence-electron chi connectivity index (χ3n) is 3.02. The second-order valence-electron chi connectivity index (χ2n) is 4.33. The number of nitrogens with zero attached hydrogens (tertiary/aromatic N) is 1. The summed E-state index contributed by atoms with van der Waals surface area (Å²) >= 11 is 6.09. The van der Waals surface area contributed by atoms with Crippen molar-refractivity contribution < 1.29 is 9.53 Å². The van der Waals surface area contributed by atoms with E-state index >= 15 is 0 Å². The minimum Gasteiger partial charge on any atom is -0.494 e. The number of likely N-dealkylation sites (tertiary alicyclic amines) is 1. The van der Waals surface area contributed by atoms with Crippen LogP contribution in [0.3, 0.4) is 0 Å². The van der Waals surface area contributed by atoms with Crippen LogP contribution in [0.5, 0.6) is 5.75 Å². The van der Waals surface area contributed by atoms with Crippen LogP contribution in [0.2, 0.25) is 5.02 Å². The van der Waals surface area contributed by atoms with Gasteiger partial charge in [-0.05, 0) is 37.5 Å². The van der Waals surface area contributed by atoms with Gasteiger partial charge in [0, 0.05) is 13.1 Å². The molecule has 1 saturated heterocycles. The molecule has 0 atom stereocenters. The summed E-state index contributed by atoms with van der Waals surface area (Å²) in [5.41, 5.74) is 1.54. The molecular formula is C13H16ClNO2. The fraction of sp³-hybridized carbons (Fsp3) is 0.462. The number of ether oxygens (including phenoxy) is 1. The van der Waals surface area contributed by atoms with Gasteiger partial charge in [0.1, 0.15) is 5.75 Å². The normalized spacial score (nSPS) is 15.1. The molecule has 1 heterocycles. The Hall–Kier alpha value is -1.22. The first-order valence-corrected chi connectivity index (χ1v) is 6.14. The van der Waals surface area contributed by atoms with E-state index in [-0.39, 0.29) is 5.91 Å². The van der Waals surface area contributed by atoms with Crippen molar-refractivity contribution in [3.8, 4) is 5.75 Å². The molecule has 0 spiro atoms. The summed E-state index contributed by atoms with van der Waals surface area (Å²) in [6, 6.07) is 3.65. The van der Waals surface area contributed by atoms with Gasteiger partial charge >= 0.3 is 0 Å². The Morgan fingerprint density at radius 3 is 2.59 bits per heavy atom. The van der Waals surface area contributed by atoms with E-state index in [0.29, 0.717) is 16.3 Å². The molecule has 0 aliphatic carbocycles. The van der Waals surface area contributed by atoms with Crippen molar-refractivity contribution in [2.45, 2.75) is 19.8 Å². The molecule has 0 aromatic heterocycles. The predicted octanol–water partition coefficient (Wildman–Crippen LogP) is 2.89. The molecule has 0 unspecified atom stereocenters. The van der Waals surface area contributed by atoms with Gasteiger partial charge < -0.3 is 9.64 Å². The smallest absolute Gasteiger partial charge is 0.257 e. The van der Waals surface area contributed by atoms with Gasteiger partial charge in [0.2, 0.25) is 0 Å². The van der Waals surface area contributed by atoms with E-state index in [4.69, 9.17) is 16.3 Å². The average molecular weight is 254 g/mol. The molecule has 1 aliphatic rings. The van der Waals surface area contributed by atoms with E-state index in [9.17, 15) is 4.79 Å². The maximum atomic E-state index is 12.3. The lowest BCUT2D eigenvalue weighted by Crippen LogP contribution is -2.28. The largest absolute Gasteiger partial charge is 0.494 e. The summed E-state index contributed by atoms with van der Waals surface area (Å²) in [6.07, 6.45) is 2.15. The summed E-state index contributed by atoms with van der Waals surface area (Å²) in [7, 11) is 1.54. The Kier molecular flexibility index (Phi) is 3.57. The number of aryl methyl sites for hydroxylation is 1. The number of halogens is 1. The van der Waals surface area contributed by atoms with Crippen molar-refractivity contribution in [3.63, 3.8) is 0 Å². The summed E-state index contributed by atoms with van der Waals surface area (Å²) in [6.45, 7) is 3.58. The Bertz CT molecular complexity index is 439. The van der Waals surface area contributed by atoms with Crippen LogP contribution >= 0.6 is 11.6 Å². The second-order valence-corrected chi connectivity index (χ2v) is 4.73. The van der Waals surface area contributed by atoms with Crippen molar-refractivity contribution >= 4 is 17.5 Å². The quantitative estimate of drug-likeness (QED) is 0.811. The Balaban J connectivity index is 2.39. The van der Waals surface area contributed by atoms with E-state index < -0.39 is 0 Å². The molecule has 1 fully saturated rings. The molecule has 0 saturated carbocycles. The lowest BCUT2D eigenvalue weighted by atomic mass is 10.1. The van der Waals surface area contributed by atoms with Crippen LogP contribution < -0.4 is 4.74 Å². The minimum absolute atomic E-state index is 0.0185. The highest BCUT2D eigenvalue weighted by Gasteiger charge is 2.23. The third kappa shape index (κ3) is 2.39. The molecule has 0 radical (unpaired) electrons. The summed E-state index contributed by atoms with van der Waals surface area (Å²) in [5.74, 6) is 0.499. The van der Waals surface area contributed by atoms with Crippen LogP contribution in [0.15, 0.2) is 12.1 Å². The van der Waals surface area contributed by atoms with E-state index in [0.717, 1.165) is 31.5 Å². The predicted molar refractivity (Wildman–Crippen MR) is 67.9 cm³/mol. The number of amides is 1. The monoisotopic (exact) mass is 253 g/mol. The number of hydrogen-bond donors (Lipinski definition) is 0. The second kappa shape index (κ2) is 4.96. The van der Waals surface area contributed by atoms with Gasteiger partial charge in [-0.25, -0.2) is 0 Å². The topological polar surface area (TPSA) is 29.5 Å². The van der Waals surface area contributed by atoms with Gasteiger partial charge in [-0.1, -0.05) is 11.6 Å². The summed E-state index contributed by atoms with van der Waals surface area (Å²) in [4.78, 5) is 14.2. The zero-order chi connectivity index (χ0) is 12.4. The highest BCUT2D eigenvalue weighted by atomic mass is 35.5. The first-order valence-electron chi connectivity index (χ1n) is 5.77. The first-order chi connectivity index (χ1) is 8.13. The van der Waals surface area contributed by atoms with Gasteiger partial charge in [0.25, 0.3) is 5.91 Å². The van der Waals surface area contributed by atoms with Gasteiger partial charge in [-0.2, -0.15) is 0 Å². The third-order valence-corrected chi connectivity index (χ3v) is 3.30. The van der Waals surface area contributed by atoms with E-state index in [2.05, 4.69) is 0 Å². The molecule has 4 heteroatoms. The summed E-state index contributed by atoms with van der Waals surface area (Å²) < 4.78 is 5.23. The van der Waals surface area contributed by atoms with Gasteiger partial charge in [0.15, 0.2) is 0 Å². The van der Waals surface area contributed by atoms with Crippen LogP contribution in [0.25, 0.3) is 0 Å². The molecule has 1 aromatic carbocycles. The maximum absolute atomic E-state index is 12.3. The molecule has 1 amide bonds. The van der Waals surface area contributed by atoms with E-state index in [1.807, 2.05) is 17.9 Å². The Morgan fingerprint density at radius 2 is 2.00 bits per heavy atom. The molecule has 17 heavy (non-hydrogen) atoms. The minimum atomic E-state index is 0.0185. The fourth-order valence-electron chi connectivity index (χ4n) is 2.19. The van der Waals surface area contributed by atoms with Gasteiger partial charge in [-0.3, -0.25) is 4.79 Å². The van der Waals surface area contributed by atoms with Crippen LogP contribution in [-0.4, -0.2) is 31.0 Å². The number of rotatable bonds is 2. The molecular weight excluding hydrogens is 238 g/mol. The molecule has 1 aromatic rings. The SMILES string of the molecule is COc1c(Cl)cc(C)cc1C(=O)N1CCCC1. The van der Waals surface area contributed by atoms with Crippen molar-refractivity contribution in [1.29, 1.82) is 0 Å². The molecule has 2 rings (SSSR count). The highest BCUT2D eigenvalue weighted by molar-refractivity contribution is 6.32. The zero-order valence-corrected chi connectivity index (χ0v) is 10.9. The number of carbonyl (C=O) groups excluding carboxylic acids is 1. The number of benzene rings is 1. The average Bonchev–Trinajstić information content (AvgIpc) is 2.80. The number of methoxy groups -OCH3 is 1. The highest BCUT2D eigenvalue weighted by Crippen LogP contribution is 2.31. The lowest BCUT2D eigenvalue weighted by Gasteiger charge is -2.18. The maximum Gasteiger partial charge on any atom is 0.257 e. The summed E-state index contributed by atoms with van der Waals surface area (Å²) in [5, 5.41) is 0.495.